The number of fused-ring (bicyclic) bond motifs is 1. The highest BCUT2D eigenvalue weighted by molar-refractivity contribution is 5.91. The third-order valence-corrected chi connectivity index (χ3v) is 5.52. The molecule has 2 aromatic carbocycles. The zero-order valence-corrected chi connectivity index (χ0v) is 20.6. The molecule has 0 saturated carbocycles. The van der Waals surface area contributed by atoms with Crippen LogP contribution in [0.15, 0.2) is 45.6 Å². The number of anilines is 3. The van der Waals surface area contributed by atoms with Gasteiger partial charge in [0.15, 0.2) is 11.3 Å². The Kier molecular flexibility index (Phi) is 7.16. The number of nitrogens with one attached hydrogen (secondary N) is 2. The SMILES string of the molecule is CC(Nc1cc(F)cc(F)c1)c1cc(NC(=O)OC(C)(C)C)cc2c(=O)cc(N3CCOCC3)oc12. The number of rotatable bonds is 5. The summed E-state index contributed by atoms with van der Waals surface area (Å²) >= 11 is 0. The smallest absolute Gasteiger partial charge is 0.412 e. The van der Waals surface area contributed by atoms with Crippen LogP contribution in [0.3, 0.4) is 0 Å². The molecular weight excluding hydrogens is 472 g/mol. The molecule has 1 aliphatic rings. The molecule has 8 nitrogen and oxygen atoms in total. The van der Waals surface area contributed by atoms with Gasteiger partial charge in [-0.3, -0.25) is 10.1 Å². The van der Waals surface area contributed by atoms with E-state index in [0.717, 1.165) is 6.07 Å². The molecule has 0 radical (unpaired) electrons. The van der Waals surface area contributed by atoms with E-state index in [9.17, 15) is 18.4 Å². The third-order valence-electron chi connectivity index (χ3n) is 5.52. The molecular formula is C26H29F2N3O5. The normalized spacial score (nSPS) is 15.0. The first-order valence-corrected chi connectivity index (χ1v) is 11.7. The van der Waals surface area contributed by atoms with Crippen molar-refractivity contribution in [2.75, 3.05) is 41.8 Å². The Morgan fingerprint density at radius 1 is 1.03 bits per heavy atom. The van der Waals surface area contributed by atoms with Gasteiger partial charge in [-0.05, 0) is 52.0 Å². The Morgan fingerprint density at radius 3 is 2.33 bits per heavy atom. The topological polar surface area (TPSA) is 93.0 Å². The Bertz CT molecular complexity index is 1310. The van der Waals surface area contributed by atoms with Crippen LogP contribution >= 0.6 is 0 Å². The monoisotopic (exact) mass is 501 g/mol. The Balaban J connectivity index is 1.78. The van der Waals surface area contributed by atoms with Gasteiger partial charge in [0.1, 0.15) is 22.8 Å². The minimum atomic E-state index is -0.726. The number of carbonyl (C=O) groups is 1. The van der Waals surface area contributed by atoms with Crippen molar-refractivity contribution in [3.63, 3.8) is 0 Å². The first kappa shape index (κ1) is 25.4. The number of carbonyl (C=O) groups excluding carboxylic acids is 1. The molecule has 192 valence electrons. The summed E-state index contributed by atoms with van der Waals surface area (Å²) in [4.78, 5) is 27.5. The molecule has 1 amide bonds. The molecule has 1 aliphatic heterocycles. The van der Waals surface area contributed by atoms with Crippen molar-refractivity contribution in [1.82, 2.24) is 0 Å². The van der Waals surface area contributed by atoms with E-state index in [1.807, 2.05) is 4.90 Å². The summed E-state index contributed by atoms with van der Waals surface area (Å²) in [5, 5.41) is 5.95. The molecule has 1 saturated heterocycles. The van der Waals surface area contributed by atoms with Crippen LogP contribution in [-0.2, 0) is 9.47 Å². The standard InChI is InChI=1S/C26H29F2N3O5/c1-15(29-18-10-16(27)9-17(28)11-18)20-12-19(30-25(33)36-26(2,3)4)13-21-22(32)14-23(35-24(20)21)31-5-7-34-8-6-31/h9-15,29H,5-8H2,1-4H3,(H,30,33). The van der Waals surface area contributed by atoms with Gasteiger partial charge in [0.05, 0.1) is 24.6 Å². The number of ether oxygens (including phenoxy) is 2. The highest BCUT2D eigenvalue weighted by Crippen LogP contribution is 2.32. The van der Waals surface area contributed by atoms with Gasteiger partial charge in [0.2, 0.25) is 0 Å². The summed E-state index contributed by atoms with van der Waals surface area (Å²) in [5.74, 6) is -1.05. The Hall–Kier alpha value is -3.66. The molecule has 10 heteroatoms. The molecule has 1 unspecified atom stereocenters. The fraction of sp³-hybridized carbons (Fsp3) is 0.385. The fourth-order valence-corrected chi connectivity index (χ4v) is 3.99. The predicted molar refractivity (Wildman–Crippen MR) is 134 cm³/mol. The molecule has 2 N–H and O–H groups in total. The minimum absolute atomic E-state index is 0.213. The predicted octanol–water partition coefficient (Wildman–Crippen LogP) is 5.43. The Morgan fingerprint density at radius 2 is 1.69 bits per heavy atom. The summed E-state index contributed by atoms with van der Waals surface area (Å²) in [6, 6.07) is 7.13. The lowest BCUT2D eigenvalue weighted by molar-refractivity contribution is 0.0636. The molecule has 4 rings (SSSR count). The third kappa shape index (κ3) is 6.12. The number of halogens is 2. The van der Waals surface area contributed by atoms with Gasteiger partial charge >= 0.3 is 6.09 Å². The van der Waals surface area contributed by atoms with E-state index in [0.29, 0.717) is 49.0 Å². The quantitative estimate of drug-likeness (QED) is 0.482. The molecule has 0 bridgehead atoms. The van der Waals surface area contributed by atoms with Crippen molar-refractivity contribution in [3.8, 4) is 0 Å². The van der Waals surface area contributed by atoms with Gasteiger partial charge in [0.25, 0.3) is 0 Å². The maximum atomic E-state index is 13.8. The number of hydrogen-bond acceptors (Lipinski definition) is 7. The largest absolute Gasteiger partial charge is 0.444 e. The van der Waals surface area contributed by atoms with Gasteiger partial charge in [-0.15, -0.1) is 0 Å². The van der Waals surface area contributed by atoms with E-state index in [1.165, 1.54) is 24.3 Å². The van der Waals surface area contributed by atoms with E-state index in [4.69, 9.17) is 13.9 Å². The van der Waals surface area contributed by atoms with Crippen molar-refractivity contribution in [2.45, 2.75) is 39.3 Å². The second kappa shape index (κ2) is 10.1. The van der Waals surface area contributed by atoms with E-state index in [2.05, 4.69) is 10.6 Å². The lowest BCUT2D eigenvalue weighted by Crippen LogP contribution is -2.36. The lowest BCUT2D eigenvalue weighted by Gasteiger charge is -2.27. The molecule has 1 aromatic heterocycles. The second-order valence-corrected chi connectivity index (χ2v) is 9.64. The van der Waals surface area contributed by atoms with E-state index in [1.54, 1.807) is 33.8 Å². The molecule has 3 aromatic rings. The van der Waals surface area contributed by atoms with E-state index < -0.39 is 29.4 Å². The molecule has 2 heterocycles. The van der Waals surface area contributed by atoms with Crippen molar-refractivity contribution in [1.29, 1.82) is 0 Å². The maximum Gasteiger partial charge on any atom is 0.412 e. The average Bonchev–Trinajstić information content (AvgIpc) is 2.77. The van der Waals surface area contributed by atoms with Crippen LogP contribution in [0, 0.1) is 11.6 Å². The highest BCUT2D eigenvalue weighted by Gasteiger charge is 2.22. The van der Waals surface area contributed by atoms with Crippen molar-refractivity contribution in [3.05, 3.63) is 63.8 Å². The van der Waals surface area contributed by atoms with Crippen molar-refractivity contribution in [2.24, 2.45) is 0 Å². The van der Waals surface area contributed by atoms with Crippen molar-refractivity contribution < 1.29 is 27.5 Å². The number of nitrogens with zero attached hydrogens (tertiary/aromatic N) is 1. The number of morpholine rings is 1. The van der Waals surface area contributed by atoms with Crippen LogP contribution in [-0.4, -0.2) is 38.0 Å². The maximum absolute atomic E-state index is 13.8. The second-order valence-electron chi connectivity index (χ2n) is 9.64. The van der Waals surface area contributed by atoms with Gasteiger partial charge in [-0.2, -0.15) is 0 Å². The minimum Gasteiger partial charge on any atom is -0.444 e. The van der Waals surface area contributed by atoms with Gasteiger partial charge in [-0.1, -0.05) is 0 Å². The molecule has 0 spiro atoms. The summed E-state index contributed by atoms with van der Waals surface area (Å²) in [5.41, 5.74) is 0.330. The molecule has 1 atom stereocenters. The summed E-state index contributed by atoms with van der Waals surface area (Å²) < 4.78 is 44.5. The van der Waals surface area contributed by atoms with Crippen molar-refractivity contribution >= 4 is 34.3 Å². The summed E-state index contributed by atoms with van der Waals surface area (Å²) in [7, 11) is 0. The zero-order valence-electron chi connectivity index (χ0n) is 20.6. The number of amides is 1. The van der Waals surface area contributed by atoms with Crippen LogP contribution in [0.5, 0.6) is 0 Å². The summed E-state index contributed by atoms with van der Waals surface area (Å²) in [6.45, 7) is 9.14. The molecule has 36 heavy (non-hydrogen) atoms. The van der Waals surface area contributed by atoms with E-state index >= 15 is 0 Å². The van der Waals surface area contributed by atoms with Crippen LogP contribution in [0.2, 0.25) is 0 Å². The van der Waals surface area contributed by atoms with Gasteiger partial charge < -0.3 is 24.1 Å². The number of hydrogen-bond donors (Lipinski definition) is 2. The van der Waals surface area contributed by atoms with Gasteiger partial charge in [-0.25, -0.2) is 13.6 Å². The van der Waals surface area contributed by atoms with Crippen LogP contribution in [0.25, 0.3) is 11.0 Å². The van der Waals surface area contributed by atoms with Crippen LogP contribution < -0.4 is 21.0 Å². The zero-order chi connectivity index (χ0) is 26.0. The number of benzene rings is 2. The van der Waals surface area contributed by atoms with Gasteiger partial charge in [0, 0.05) is 42.2 Å². The first-order valence-electron chi connectivity index (χ1n) is 11.7. The van der Waals surface area contributed by atoms with Crippen LogP contribution in [0.1, 0.15) is 39.3 Å². The van der Waals surface area contributed by atoms with E-state index in [-0.39, 0.29) is 16.5 Å². The fourth-order valence-electron chi connectivity index (χ4n) is 3.99. The average molecular weight is 502 g/mol. The Labute approximate surface area is 207 Å². The molecule has 1 fully saturated rings. The highest BCUT2D eigenvalue weighted by atomic mass is 19.1. The first-order chi connectivity index (χ1) is 17.0. The van der Waals surface area contributed by atoms with Crippen LogP contribution in [0.4, 0.5) is 30.8 Å². The lowest BCUT2D eigenvalue weighted by atomic mass is 10.0. The molecule has 0 aliphatic carbocycles. The summed E-state index contributed by atoms with van der Waals surface area (Å²) in [6.07, 6.45) is -0.685.